The first kappa shape index (κ1) is 12.1. The van der Waals surface area contributed by atoms with Crippen LogP contribution in [0, 0.1) is 6.92 Å². The Morgan fingerprint density at radius 2 is 2.25 bits per heavy atom. The molecule has 88 valence electrons. The second kappa shape index (κ2) is 5.80. The van der Waals surface area contributed by atoms with E-state index in [9.17, 15) is 0 Å². The Morgan fingerprint density at radius 1 is 1.44 bits per heavy atom. The van der Waals surface area contributed by atoms with Crippen LogP contribution in [0.4, 0.5) is 0 Å². The number of morpholine rings is 1. The molecule has 16 heavy (non-hydrogen) atoms. The van der Waals surface area contributed by atoms with Crippen LogP contribution in [0.3, 0.4) is 0 Å². The van der Waals surface area contributed by atoms with Gasteiger partial charge in [0.2, 0.25) is 0 Å². The maximum absolute atomic E-state index is 5.64. The minimum atomic E-state index is 0.345. The predicted octanol–water partition coefficient (Wildman–Crippen LogP) is 2.59. The third kappa shape index (κ3) is 3.06. The Bertz CT molecular complexity index is 342. The van der Waals surface area contributed by atoms with E-state index in [1.165, 1.54) is 11.1 Å². The van der Waals surface area contributed by atoms with Gasteiger partial charge in [-0.1, -0.05) is 40.2 Å². The Morgan fingerprint density at radius 3 is 3.00 bits per heavy atom. The van der Waals surface area contributed by atoms with Crippen LogP contribution in [-0.2, 0) is 11.3 Å². The first-order valence-electron chi connectivity index (χ1n) is 5.74. The molecule has 2 nitrogen and oxygen atoms in total. The third-order valence-electron chi connectivity index (χ3n) is 3.05. The van der Waals surface area contributed by atoms with E-state index in [0.29, 0.717) is 6.10 Å². The molecule has 1 aromatic carbocycles. The Kier molecular flexibility index (Phi) is 4.38. The molecule has 1 aliphatic heterocycles. The van der Waals surface area contributed by atoms with Crippen LogP contribution in [0.15, 0.2) is 24.3 Å². The second-order valence-corrected chi connectivity index (χ2v) is 4.96. The third-order valence-corrected chi connectivity index (χ3v) is 3.77. The van der Waals surface area contributed by atoms with Gasteiger partial charge in [-0.3, -0.25) is 4.90 Å². The number of ether oxygens (including phenoxy) is 1. The molecule has 0 spiro atoms. The molecule has 0 amide bonds. The number of rotatable bonds is 3. The topological polar surface area (TPSA) is 12.5 Å². The first-order chi connectivity index (χ1) is 7.79. The van der Waals surface area contributed by atoms with Gasteiger partial charge in [-0.25, -0.2) is 0 Å². The highest BCUT2D eigenvalue weighted by Crippen LogP contribution is 2.14. The lowest BCUT2D eigenvalue weighted by Crippen LogP contribution is -2.42. The Hall–Kier alpha value is -0.380. The highest BCUT2D eigenvalue weighted by atomic mass is 79.9. The Balaban J connectivity index is 1.97. The molecule has 1 aliphatic rings. The van der Waals surface area contributed by atoms with Gasteiger partial charge in [0.15, 0.2) is 0 Å². The minimum Gasteiger partial charge on any atom is -0.375 e. The van der Waals surface area contributed by atoms with Gasteiger partial charge in [-0.05, 0) is 18.1 Å². The molecule has 2 rings (SSSR count). The average molecular weight is 284 g/mol. The molecule has 1 aromatic rings. The molecule has 0 saturated carbocycles. The van der Waals surface area contributed by atoms with Crippen molar-refractivity contribution in [3.05, 3.63) is 35.4 Å². The van der Waals surface area contributed by atoms with Crippen molar-refractivity contribution in [1.82, 2.24) is 4.90 Å². The van der Waals surface area contributed by atoms with Crippen LogP contribution < -0.4 is 0 Å². The smallest absolute Gasteiger partial charge is 0.0799 e. The fourth-order valence-corrected chi connectivity index (χ4v) is 2.44. The Labute approximate surface area is 106 Å². The first-order valence-corrected chi connectivity index (χ1v) is 6.86. The molecular weight excluding hydrogens is 266 g/mol. The molecule has 1 fully saturated rings. The average Bonchev–Trinajstić information content (AvgIpc) is 2.32. The zero-order valence-corrected chi connectivity index (χ0v) is 11.2. The molecule has 0 aromatic heterocycles. The monoisotopic (exact) mass is 283 g/mol. The normalized spacial score (nSPS) is 22.2. The van der Waals surface area contributed by atoms with Gasteiger partial charge < -0.3 is 4.74 Å². The van der Waals surface area contributed by atoms with E-state index >= 15 is 0 Å². The molecule has 1 unspecified atom stereocenters. The minimum absolute atomic E-state index is 0.345. The largest absolute Gasteiger partial charge is 0.375 e. The summed E-state index contributed by atoms with van der Waals surface area (Å²) in [6.45, 7) is 6.14. The zero-order valence-electron chi connectivity index (χ0n) is 9.66. The number of hydrogen-bond acceptors (Lipinski definition) is 2. The summed E-state index contributed by atoms with van der Waals surface area (Å²) in [5.41, 5.74) is 2.81. The summed E-state index contributed by atoms with van der Waals surface area (Å²) in [6.07, 6.45) is 0.345. The lowest BCUT2D eigenvalue weighted by molar-refractivity contribution is -0.0181. The lowest BCUT2D eigenvalue weighted by atomic mass is 10.1. The molecule has 1 saturated heterocycles. The number of nitrogens with zero attached hydrogens (tertiary/aromatic N) is 1. The van der Waals surface area contributed by atoms with Crippen LogP contribution >= 0.6 is 15.9 Å². The quantitative estimate of drug-likeness (QED) is 0.791. The fraction of sp³-hybridized carbons (Fsp3) is 0.538. The highest BCUT2D eigenvalue weighted by molar-refractivity contribution is 9.09. The van der Waals surface area contributed by atoms with Crippen molar-refractivity contribution in [3.63, 3.8) is 0 Å². The van der Waals surface area contributed by atoms with Crippen molar-refractivity contribution < 1.29 is 4.74 Å². The molecule has 1 heterocycles. The van der Waals surface area contributed by atoms with Crippen molar-refractivity contribution in [2.75, 3.05) is 25.0 Å². The van der Waals surface area contributed by atoms with Gasteiger partial charge >= 0.3 is 0 Å². The summed E-state index contributed by atoms with van der Waals surface area (Å²) in [7, 11) is 0. The second-order valence-electron chi connectivity index (χ2n) is 4.31. The molecule has 0 N–H and O–H groups in total. The molecule has 0 aliphatic carbocycles. The summed E-state index contributed by atoms with van der Waals surface area (Å²) < 4.78 is 5.64. The van der Waals surface area contributed by atoms with Gasteiger partial charge in [0.1, 0.15) is 0 Å². The van der Waals surface area contributed by atoms with Crippen LogP contribution in [0.2, 0.25) is 0 Å². The molecule has 3 heteroatoms. The highest BCUT2D eigenvalue weighted by Gasteiger charge is 2.19. The van der Waals surface area contributed by atoms with Crippen LogP contribution in [0.25, 0.3) is 0 Å². The standard InChI is InChI=1S/C13H18BrNO/c1-11-4-2-3-5-12(11)9-15-6-7-16-13(8-14)10-15/h2-5,13H,6-10H2,1H3. The van der Waals surface area contributed by atoms with E-state index < -0.39 is 0 Å². The summed E-state index contributed by atoms with van der Waals surface area (Å²) in [5.74, 6) is 0. The number of hydrogen-bond donors (Lipinski definition) is 0. The van der Waals surface area contributed by atoms with Gasteiger partial charge in [-0.15, -0.1) is 0 Å². The zero-order chi connectivity index (χ0) is 11.4. The number of aryl methyl sites for hydroxylation is 1. The molecular formula is C13H18BrNO. The SMILES string of the molecule is Cc1ccccc1CN1CCOC(CBr)C1. The van der Waals surface area contributed by atoms with Gasteiger partial charge in [-0.2, -0.15) is 0 Å². The predicted molar refractivity (Wildman–Crippen MR) is 70.0 cm³/mol. The maximum Gasteiger partial charge on any atom is 0.0799 e. The van der Waals surface area contributed by atoms with Crippen LogP contribution in [0.5, 0.6) is 0 Å². The molecule has 1 atom stereocenters. The van der Waals surface area contributed by atoms with Crippen molar-refractivity contribution in [1.29, 1.82) is 0 Å². The summed E-state index contributed by atoms with van der Waals surface area (Å²) in [4.78, 5) is 2.47. The van der Waals surface area contributed by atoms with Crippen molar-refractivity contribution in [2.24, 2.45) is 0 Å². The van der Waals surface area contributed by atoms with Gasteiger partial charge in [0.25, 0.3) is 0 Å². The summed E-state index contributed by atoms with van der Waals surface area (Å²) in [6, 6.07) is 8.61. The van der Waals surface area contributed by atoms with Crippen LogP contribution in [0.1, 0.15) is 11.1 Å². The van der Waals surface area contributed by atoms with Crippen LogP contribution in [-0.4, -0.2) is 36.0 Å². The summed E-state index contributed by atoms with van der Waals surface area (Å²) in [5, 5.41) is 0.928. The number of halogens is 1. The van der Waals surface area contributed by atoms with E-state index in [1.807, 2.05) is 0 Å². The molecule has 0 radical (unpaired) electrons. The summed E-state index contributed by atoms with van der Waals surface area (Å²) >= 11 is 3.49. The van der Waals surface area contributed by atoms with Gasteiger partial charge in [0.05, 0.1) is 12.7 Å². The van der Waals surface area contributed by atoms with E-state index in [0.717, 1.165) is 31.6 Å². The van der Waals surface area contributed by atoms with E-state index in [1.54, 1.807) is 0 Å². The number of alkyl halides is 1. The number of benzene rings is 1. The van der Waals surface area contributed by atoms with E-state index in [-0.39, 0.29) is 0 Å². The van der Waals surface area contributed by atoms with E-state index in [2.05, 4.69) is 52.0 Å². The maximum atomic E-state index is 5.64. The van der Waals surface area contributed by atoms with Crippen molar-refractivity contribution >= 4 is 15.9 Å². The van der Waals surface area contributed by atoms with E-state index in [4.69, 9.17) is 4.74 Å². The lowest BCUT2D eigenvalue weighted by Gasteiger charge is -2.32. The van der Waals surface area contributed by atoms with Crippen molar-refractivity contribution in [2.45, 2.75) is 19.6 Å². The fourth-order valence-electron chi connectivity index (χ4n) is 2.05. The van der Waals surface area contributed by atoms with Gasteiger partial charge in [0, 0.05) is 25.0 Å². The van der Waals surface area contributed by atoms with Crippen molar-refractivity contribution in [3.8, 4) is 0 Å². The molecule has 0 bridgehead atoms.